The van der Waals surface area contributed by atoms with Crippen molar-refractivity contribution in [3.05, 3.63) is 162 Å². The van der Waals surface area contributed by atoms with Crippen LogP contribution in [-0.2, 0) is 0 Å². The number of hydrogen-bond donors (Lipinski definition) is 5. The molecule has 0 aliphatic heterocycles. The SMILES string of the molecule is C=C/C=C(\C=C/C)c1ccc(C(/C=C(\N)c2cccc(-c3cccnc3)c2)C(/C(O)=C(/O)C(=C)O)=C(/C)O)cc1. The molecule has 1 atom stereocenters. The van der Waals surface area contributed by atoms with Crippen molar-refractivity contribution in [2.45, 2.75) is 19.8 Å². The predicted octanol–water partition coefficient (Wildman–Crippen LogP) is 8.21. The molecule has 6 heteroatoms. The van der Waals surface area contributed by atoms with Crippen molar-refractivity contribution in [1.29, 1.82) is 0 Å². The molecule has 0 saturated heterocycles. The molecule has 0 aliphatic rings. The number of nitrogens with two attached hydrogens (primary N) is 1. The Labute approximate surface area is 235 Å². The smallest absolute Gasteiger partial charge is 0.200 e. The molecule has 3 aromatic rings. The van der Waals surface area contributed by atoms with Crippen LogP contribution in [-0.4, -0.2) is 25.4 Å². The Kier molecular flexibility index (Phi) is 9.92. The first kappa shape index (κ1) is 29.3. The number of pyridine rings is 1. The monoisotopic (exact) mass is 534 g/mol. The summed E-state index contributed by atoms with van der Waals surface area (Å²) >= 11 is 0. The Bertz CT molecular complexity index is 1520. The van der Waals surface area contributed by atoms with Gasteiger partial charge in [-0.15, -0.1) is 0 Å². The zero-order valence-corrected chi connectivity index (χ0v) is 22.6. The maximum absolute atomic E-state index is 10.9. The fraction of sp³-hybridized carbons (Fsp3) is 0.0882. The standard InChI is InChI=1S/C34H34N2O4/c1-5-9-24(10-6-2)25-14-16-26(17-15-25)30(32(22(3)37)34(40)33(39)23(4)38)20-31(35)28-12-7-11-27(19-28)29-13-8-18-36-21-29/h5-21,30,37-40H,1,4,35H2,2-3H3/b10-6-,24-9+,31-20-,32-22+,34-33-. The number of aromatic nitrogens is 1. The summed E-state index contributed by atoms with van der Waals surface area (Å²) in [6.45, 7) is 10.4. The minimum absolute atomic E-state index is 0.0397. The molecule has 2 aromatic carbocycles. The third-order valence-corrected chi connectivity index (χ3v) is 6.24. The first-order valence-corrected chi connectivity index (χ1v) is 12.6. The highest BCUT2D eigenvalue weighted by Gasteiger charge is 2.25. The number of allylic oxidation sites excluding steroid dienone is 8. The molecule has 0 amide bonds. The molecule has 0 aliphatic carbocycles. The molecule has 0 fully saturated rings. The zero-order chi connectivity index (χ0) is 29.2. The molecule has 0 radical (unpaired) electrons. The molecule has 1 aromatic heterocycles. The molecule has 40 heavy (non-hydrogen) atoms. The number of aliphatic hydroxyl groups excluding tert-OH is 4. The molecular weight excluding hydrogens is 500 g/mol. The van der Waals surface area contributed by atoms with Gasteiger partial charge < -0.3 is 26.2 Å². The summed E-state index contributed by atoms with van der Waals surface area (Å²) in [5.74, 6) is -3.38. The molecule has 0 saturated carbocycles. The third kappa shape index (κ3) is 6.99. The van der Waals surface area contributed by atoms with E-state index in [1.165, 1.54) is 6.92 Å². The van der Waals surface area contributed by atoms with Crippen molar-refractivity contribution in [2.75, 3.05) is 0 Å². The van der Waals surface area contributed by atoms with Crippen LogP contribution in [0.25, 0.3) is 22.4 Å². The van der Waals surface area contributed by atoms with Gasteiger partial charge >= 0.3 is 0 Å². The van der Waals surface area contributed by atoms with E-state index in [0.29, 0.717) is 16.8 Å². The van der Waals surface area contributed by atoms with E-state index in [4.69, 9.17) is 5.73 Å². The van der Waals surface area contributed by atoms with E-state index in [9.17, 15) is 20.4 Å². The Morgan fingerprint density at radius 3 is 2.20 bits per heavy atom. The Hall–Kier alpha value is -5.23. The molecule has 6 nitrogen and oxygen atoms in total. The third-order valence-electron chi connectivity index (χ3n) is 6.24. The number of nitrogens with zero attached hydrogens (tertiary/aromatic N) is 1. The van der Waals surface area contributed by atoms with E-state index >= 15 is 0 Å². The Balaban J connectivity index is 2.19. The largest absolute Gasteiger partial charge is 0.512 e. The van der Waals surface area contributed by atoms with Crippen LogP contribution in [0, 0.1) is 0 Å². The van der Waals surface area contributed by atoms with E-state index in [1.54, 1.807) is 24.5 Å². The van der Waals surface area contributed by atoms with Crippen LogP contribution in [0.4, 0.5) is 0 Å². The van der Waals surface area contributed by atoms with Gasteiger partial charge in [0.25, 0.3) is 0 Å². The predicted molar refractivity (Wildman–Crippen MR) is 163 cm³/mol. The summed E-state index contributed by atoms with van der Waals surface area (Å²) in [5, 5.41) is 41.6. The Morgan fingerprint density at radius 2 is 1.62 bits per heavy atom. The van der Waals surface area contributed by atoms with Gasteiger partial charge in [-0.3, -0.25) is 4.98 Å². The van der Waals surface area contributed by atoms with Gasteiger partial charge in [-0.25, -0.2) is 0 Å². The second kappa shape index (κ2) is 13.5. The maximum atomic E-state index is 10.9. The van der Waals surface area contributed by atoms with Crippen LogP contribution in [0.3, 0.4) is 0 Å². The van der Waals surface area contributed by atoms with E-state index < -0.39 is 23.2 Å². The van der Waals surface area contributed by atoms with E-state index in [1.807, 2.05) is 85.8 Å². The lowest BCUT2D eigenvalue weighted by molar-refractivity contribution is 0.284. The molecule has 1 unspecified atom stereocenters. The van der Waals surface area contributed by atoms with Gasteiger partial charge in [0, 0.05) is 35.1 Å². The number of hydrogen-bond acceptors (Lipinski definition) is 6. The summed E-state index contributed by atoms with van der Waals surface area (Å²) in [5.41, 5.74) is 12.0. The highest BCUT2D eigenvalue weighted by Crippen LogP contribution is 2.36. The van der Waals surface area contributed by atoms with Gasteiger partial charge in [0.1, 0.15) is 0 Å². The minimum atomic E-state index is -0.847. The van der Waals surface area contributed by atoms with Crippen molar-refractivity contribution < 1.29 is 20.4 Å². The van der Waals surface area contributed by atoms with Crippen molar-refractivity contribution in [3.63, 3.8) is 0 Å². The first-order chi connectivity index (χ1) is 19.2. The quantitative estimate of drug-likeness (QED) is 0.132. The molecule has 3 rings (SSSR count). The van der Waals surface area contributed by atoms with Crippen molar-refractivity contribution in [1.82, 2.24) is 4.98 Å². The summed E-state index contributed by atoms with van der Waals surface area (Å²) in [6.07, 6.45) is 12.6. The van der Waals surface area contributed by atoms with Crippen LogP contribution in [0.2, 0.25) is 0 Å². The number of aliphatic hydroxyl groups is 4. The van der Waals surface area contributed by atoms with Gasteiger partial charge in [-0.05, 0) is 59.9 Å². The first-order valence-electron chi connectivity index (χ1n) is 12.6. The van der Waals surface area contributed by atoms with E-state index in [-0.39, 0.29) is 11.3 Å². The lowest BCUT2D eigenvalue weighted by Gasteiger charge is -2.21. The van der Waals surface area contributed by atoms with Gasteiger partial charge in [0.05, 0.1) is 5.76 Å². The summed E-state index contributed by atoms with van der Waals surface area (Å²) < 4.78 is 0. The van der Waals surface area contributed by atoms with Crippen molar-refractivity contribution in [3.8, 4) is 11.1 Å². The molecular formula is C34H34N2O4. The second-order valence-corrected chi connectivity index (χ2v) is 9.04. The maximum Gasteiger partial charge on any atom is 0.200 e. The van der Waals surface area contributed by atoms with E-state index in [2.05, 4.69) is 18.1 Å². The van der Waals surface area contributed by atoms with Crippen LogP contribution < -0.4 is 5.73 Å². The minimum Gasteiger partial charge on any atom is -0.512 e. The summed E-state index contributed by atoms with van der Waals surface area (Å²) in [4.78, 5) is 4.18. The van der Waals surface area contributed by atoms with Crippen molar-refractivity contribution in [2.24, 2.45) is 5.73 Å². The lowest BCUT2D eigenvalue weighted by atomic mass is 9.86. The zero-order valence-electron chi connectivity index (χ0n) is 22.6. The summed E-state index contributed by atoms with van der Waals surface area (Å²) in [6, 6.07) is 18.9. The average molecular weight is 535 g/mol. The highest BCUT2D eigenvalue weighted by atomic mass is 16.3. The van der Waals surface area contributed by atoms with Crippen molar-refractivity contribution >= 4 is 11.3 Å². The average Bonchev–Trinajstić information content (AvgIpc) is 2.96. The topological polar surface area (TPSA) is 120 Å². The Morgan fingerprint density at radius 1 is 0.925 bits per heavy atom. The fourth-order valence-corrected chi connectivity index (χ4v) is 4.28. The van der Waals surface area contributed by atoms with Crippen LogP contribution in [0.1, 0.15) is 36.5 Å². The highest BCUT2D eigenvalue weighted by molar-refractivity contribution is 5.76. The van der Waals surface area contributed by atoms with Crippen LogP contribution >= 0.6 is 0 Å². The molecule has 0 spiro atoms. The van der Waals surface area contributed by atoms with Gasteiger partial charge in [0.15, 0.2) is 17.3 Å². The lowest BCUT2D eigenvalue weighted by Crippen LogP contribution is -2.11. The molecule has 204 valence electrons. The molecule has 6 N–H and O–H groups in total. The second-order valence-electron chi connectivity index (χ2n) is 9.04. The van der Waals surface area contributed by atoms with E-state index in [0.717, 1.165) is 22.3 Å². The van der Waals surface area contributed by atoms with Gasteiger partial charge in [-0.2, -0.15) is 0 Å². The van der Waals surface area contributed by atoms with Crippen LogP contribution in [0.5, 0.6) is 0 Å². The fourth-order valence-electron chi connectivity index (χ4n) is 4.28. The summed E-state index contributed by atoms with van der Waals surface area (Å²) in [7, 11) is 0. The normalized spacial score (nSPS) is 14.3. The van der Waals surface area contributed by atoms with Gasteiger partial charge in [-0.1, -0.05) is 86.0 Å². The van der Waals surface area contributed by atoms with Gasteiger partial charge in [0.2, 0.25) is 0 Å². The van der Waals surface area contributed by atoms with Crippen LogP contribution in [0.15, 0.2) is 145 Å². The molecule has 1 heterocycles. The number of rotatable bonds is 10. The number of benzene rings is 2. The molecule has 0 bridgehead atoms.